The lowest BCUT2D eigenvalue weighted by molar-refractivity contribution is 0.480. The topological polar surface area (TPSA) is 70.2 Å². The molecule has 0 amide bonds. The van der Waals surface area contributed by atoms with Crippen LogP contribution in [0.15, 0.2) is 59.6 Å². The maximum Gasteiger partial charge on any atom is 0.310 e. The van der Waals surface area contributed by atoms with Crippen LogP contribution in [0.4, 0.5) is 0 Å². The molecule has 1 aromatic heterocycles. The van der Waals surface area contributed by atoms with Gasteiger partial charge in [0.2, 0.25) is 0 Å². The van der Waals surface area contributed by atoms with E-state index >= 15 is 0 Å². The predicted octanol–water partition coefficient (Wildman–Crippen LogP) is 3.08. The van der Waals surface area contributed by atoms with Gasteiger partial charge in [0, 0.05) is 16.5 Å². The van der Waals surface area contributed by atoms with Crippen LogP contribution in [0.5, 0.6) is 0 Å². The van der Waals surface area contributed by atoms with Gasteiger partial charge in [-0.05, 0) is 11.6 Å². The van der Waals surface area contributed by atoms with E-state index in [1.165, 1.54) is 0 Å². The fourth-order valence-corrected chi connectivity index (χ4v) is 2.93. The summed E-state index contributed by atoms with van der Waals surface area (Å²) in [6.45, 7) is 0. The first-order valence-corrected chi connectivity index (χ1v) is 7.15. The molecule has 0 fully saturated rings. The number of hydrogen-bond donors (Lipinski definition) is 2. The van der Waals surface area contributed by atoms with Gasteiger partial charge in [-0.15, -0.1) is 0 Å². The molecule has 0 saturated carbocycles. The van der Waals surface area contributed by atoms with Crippen LogP contribution >= 0.6 is 0 Å². The molecule has 0 bridgehead atoms. The highest BCUT2D eigenvalue weighted by Crippen LogP contribution is 2.34. The van der Waals surface area contributed by atoms with E-state index in [2.05, 4.69) is 4.98 Å². The van der Waals surface area contributed by atoms with Crippen molar-refractivity contribution in [1.82, 2.24) is 4.98 Å². The number of benzene rings is 2. The zero-order valence-electron chi connectivity index (χ0n) is 9.87. The van der Waals surface area contributed by atoms with Gasteiger partial charge in [-0.1, -0.05) is 48.5 Å². The predicted molar refractivity (Wildman–Crippen MR) is 73.5 cm³/mol. The van der Waals surface area contributed by atoms with Gasteiger partial charge in [-0.3, -0.25) is 4.55 Å². The molecular formula is C14H11NO3S. The fourth-order valence-electron chi connectivity index (χ4n) is 2.20. The molecule has 0 atom stereocenters. The maximum absolute atomic E-state index is 11.5. The van der Waals surface area contributed by atoms with Crippen LogP contribution < -0.4 is 0 Å². The number of rotatable bonds is 2. The zero-order valence-corrected chi connectivity index (χ0v) is 10.7. The lowest BCUT2D eigenvalue weighted by atomic mass is 10.1. The van der Waals surface area contributed by atoms with Gasteiger partial charge in [0.1, 0.15) is 0 Å². The summed E-state index contributed by atoms with van der Waals surface area (Å²) in [4.78, 5) is 2.76. The van der Waals surface area contributed by atoms with Crippen LogP contribution in [0.3, 0.4) is 0 Å². The van der Waals surface area contributed by atoms with Crippen LogP contribution in [0.25, 0.3) is 22.0 Å². The van der Waals surface area contributed by atoms with Crippen molar-refractivity contribution in [2.45, 2.75) is 5.03 Å². The summed E-state index contributed by atoms with van der Waals surface area (Å²) in [5.74, 6) is 0. The number of aromatic nitrogens is 1. The quantitative estimate of drug-likeness (QED) is 0.705. The highest BCUT2D eigenvalue weighted by molar-refractivity contribution is 7.85. The molecule has 0 spiro atoms. The Morgan fingerprint density at radius 2 is 1.53 bits per heavy atom. The molecule has 3 aromatic rings. The van der Waals surface area contributed by atoms with Gasteiger partial charge in [0.15, 0.2) is 5.03 Å². The Morgan fingerprint density at radius 3 is 2.21 bits per heavy atom. The Kier molecular flexibility index (Phi) is 2.66. The van der Waals surface area contributed by atoms with Crippen LogP contribution in [0, 0.1) is 0 Å². The second-order valence-electron chi connectivity index (χ2n) is 4.22. The first-order chi connectivity index (χ1) is 9.07. The van der Waals surface area contributed by atoms with Crippen molar-refractivity contribution in [2.75, 3.05) is 0 Å². The average Bonchev–Trinajstić information content (AvgIpc) is 2.79. The summed E-state index contributed by atoms with van der Waals surface area (Å²) in [7, 11) is -4.30. The molecule has 0 aliphatic heterocycles. The highest BCUT2D eigenvalue weighted by atomic mass is 32.2. The lowest BCUT2D eigenvalue weighted by Gasteiger charge is -2.02. The van der Waals surface area contributed by atoms with Gasteiger partial charge in [0.05, 0.1) is 0 Å². The number of nitrogens with one attached hydrogen (secondary N) is 1. The summed E-state index contributed by atoms with van der Waals surface area (Å²) < 4.78 is 32.4. The minimum absolute atomic E-state index is 0.167. The van der Waals surface area contributed by atoms with E-state index in [-0.39, 0.29) is 5.03 Å². The van der Waals surface area contributed by atoms with Crippen molar-refractivity contribution < 1.29 is 13.0 Å². The SMILES string of the molecule is O=S(=O)(O)c1[nH]c2ccccc2c1-c1ccccc1. The molecule has 4 nitrogen and oxygen atoms in total. The molecule has 3 rings (SSSR count). The zero-order chi connectivity index (χ0) is 13.5. The van der Waals surface area contributed by atoms with Crippen LogP contribution in [0.2, 0.25) is 0 Å². The monoisotopic (exact) mass is 273 g/mol. The van der Waals surface area contributed by atoms with Crippen molar-refractivity contribution in [1.29, 1.82) is 0 Å². The third-order valence-electron chi connectivity index (χ3n) is 2.99. The van der Waals surface area contributed by atoms with E-state index in [9.17, 15) is 13.0 Å². The van der Waals surface area contributed by atoms with Crippen molar-refractivity contribution >= 4 is 21.0 Å². The maximum atomic E-state index is 11.5. The molecule has 0 aliphatic rings. The van der Waals surface area contributed by atoms with E-state index in [4.69, 9.17) is 0 Å². The largest absolute Gasteiger partial charge is 0.343 e. The Balaban J connectivity index is 2.45. The molecule has 0 unspecified atom stereocenters. The van der Waals surface area contributed by atoms with Crippen molar-refractivity contribution in [3.05, 3.63) is 54.6 Å². The Bertz CT molecular complexity index is 836. The van der Waals surface area contributed by atoms with Crippen LogP contribution in [0.1, 0.15) is 0 Å². The van der Waals surface area contributed by atoms with E-state index < -0.39 is 10.1 Å². The number of H-pyrrole nitrogens is 1. The second-order valence-corrected chi connectivity index (χ2v) is 5.57. The molecule has 1 heterocycles. The molecule has 2 aromatic carbocycles. The van der Waals surface area contributed by atoms with E-state index in [1.807, 2.05) is 42.5 Å². The number of fused-ring (bicyclic) bond motifs is 1. The number of hydrogen-bond acceptors (Lipinski definition) is 2. The summed E-state index contributed by atoms with van der Waals surface area (Å²) in [5.41, 5.74) is 1.92. The van der Waals surface area contributed by atoms with E-state index in [0.717, 1.165) is 10.9 Å². The minimum atomic E-state index is -4.30. The molecule has 0 saturated heterocycles. The summed E-state index contributed by atoms with van der Waals surface area (Å²) in [6.07, 6.45) is 0. The van der Waals surface area contributed by atoms with Crippen LogP contribution in [-0.4, -0.2) is 18.0 Å². The lowest BCUT2D eigenvalue weighted by Crippen LogP contribution is -2.00. The molecule has 0 radical (unpaired) electrons. The smallest absolute Gasteiger partial charge is 0.310 e. The van der Waals surface area contributed by atoms with Gasteiger partial charge in [-0.2, -0.15) is 8.42 Å². The molecular weight excluding hydrogens is 262 g/mol. The minimum Gasteiger partial charge on any atom is -0.343 e. The highest BCUT2D eigenvalue weighted by Gasteiger charge is 2.21. The third-order valence-corrected chi connectivity index (χ3v) is 3.81. The van der Waals surface area contributed by atoms with Gasteiger partial charge in [0.25, 0.3) is 0 Å². The first kappa shape index (κ1) is 12.0. The summed E-state index contributed by atoms with van der Waals surface area (Å²) in [6, 6.07) is 16.4. The second kappa shape index (κ2) is 4.22. The molecule has 96 valence electrons. The molecule has 5 heteroatoms. The van der Waals surface area contributed by atoms with Gasteiger partial charge >= 0.3 is 10.1 Å². The molecule has 0 aliphatic carbocycles. The Hall–Kier alpha value is -2.11. The van der Waals surface area contributed by atoms with E-state index in [0.29, 0.717) is 11.1 Å². The van der Waals surface area contributed by atoms with Crippen molar-refractivity contribution in [3.63, 3.8) is 0 Å². The van der Waals surface area contributed by atoms with Crippen molar-refractivity contribution in [2.24, 2.45) is 0 Å². The Morgan fingerprint density at radius 1 is 0.895 bits per heavy atom. The average molecular weight is 273 g/mol. The standard InChI is InChI=1S/C14H11NO3S/c16-19(17,18)14-13(10-6-2-1-3-7-10)11-8-4-5-9-12(11)15-14/h1-9,15H,(H,16,17,18). The Labute approximate surface area is 110 Å². The normalized spacial score (nSPS) is 11.8. The summed E-state index contributed by atoms with van der Waals surface area (Å²) >= 11 is 0. The third kappa shape index (κ3) is 2.03. The van der Waals surface area contributed by atoms with Gasteiger partial charge in [-0.25, -0.2) is 0 Å². The number of para-hydroxylation sites is 1. The van der Waals surface area contributed by atoms with E-state index in [1.54, 1.807) is 12.1 Å². The van der Waals surface area contributed by atoms with Gasteiger partial charge < -0.3 is 4.98 Å². The van der Waals surface area contributed by atoms with Crippen molar-refractivity contribution in [3.8, 4) is 11.1 Å². The molecule has 2 N–H and O–H groups in total. The van der Waals surface area contributed by atoms with Crippen LogP contribution in [-0.2, 0) is 10.1 Å². The summed E-state index contributed by atoms with van der Waals surface area (Å²) in [5, 5.41) is 0.598. The molecule has 19 heavy (non-hydrogen) atoms. The number of aromatic amines is 1. The first-order valence-electron chi connectivity index (χ1n) is 5.71. The fraction of sp³-hybridized carbons (Fsp3) is 0.